The second-order valence-corrected chi connectivity index (χ2v) is 6.19. The summed E-state index contributed by atoms with van der Waals surface area (Å²) >= 11 is 0. The van der Waals surface area contributed by atoms with E-state index in [1.165, 1.54) is 5.56 Å². The number of hydrogen-bond donors (Lipinski definition) is 1. The molecular weight excluding hydrogens is 222 g/mol. The van der Waals surface area contributed by atoms with Crippen molar-refractivity contribution in [3.63, 3.8) is 0 Å². The highest BCUT2D eigenvalue weighted by molar-refractivity contribution is 7.91. The summed E-state index contributed by atoms with van der Waals surface area (Å²) in [6.07, 6.45) is 1.02. The fourth-order valence-corrected chi connectivity index (χ4v) is 2.06. The van der Waals surface area contributed by atoms with Crippen molar-refractivity contribution in [1.82, 2.24) is 0 Å². The molecule has 0 spiro atoms. The first kappa shape index (κ1) is 13.0. The molecule has 4 heteroatoms. The molecule has 1 aromatic rings. The predicted octanol–water partition coefficient (Wildman–Crippen LogP) is 2.10. The lowest BCUT2D eigenvalue weighted by Gasteiger charge is -2.06. The van der Waals surface area contributed by atoms with Gasteiger partial charge in [0.25, 0.3) is 0 Å². The number of nitrogens with one attached hydrogen (secondary N) is 1. The van der Waals surface area contributed by atoms with Gasteiger partial charge < -0.3 is 5.32 Å². The van der Waals surface area contributed by atoms with E-state index in [0.717, 1.165) is 12.1 Å². The predicted molar refractivity (Wildman–Crippen MR) is 68.6 cm³/mol. The molecule has 1 rings (SSSR count). The maximum atomic E-state index is 11.2. The average Bonchev–Trinajstić information content (AvgIpc) is 2.30. The standard InChI is InChI=1S/C12H19NO2S/c1-3-11-5-7-12(8-6-11)13-9-10-16(14,15)4-2/h5-8,13H,3-4,9-10H2,1-2H3. The number of benzene rings is 1. The van der Waals surface area contributed by atoms with Crippen LogP contribution in [0.1, 0.15) is 19.4 Å². The highest BCUT2D eigenvalue weighted by Crippen LogP contribution is 2.09. The van der Waals surface area contributed by atoms with Crippen molar-refractivity contribution in [3.05, 3.63) is 29.8 Å². The van der Waals surface area contributed by atoms with E-state index in [4.69, 9.17) is 0 Å². The lowest BCUT2D eigenvalue weighted by Crippen LogP contribution is -2.17. The Balaban J connectivity index is 2.43. The number of hydrogen-bond acceptors (Lipinski definition) is 3. The Kier molecular flexibility index (Phi) is 4.80. The van der Waals surface area contributed by atoms with Crippen LogP contribution in [-0.2, 0) is 16.3 Å². The van der Waals surface area contributed by atoms with E-state index in [2.05, 4.69) is 24.4 Å². The molecule has 0 bridgehead atoms. The lowest BCUT2D eigenvalue weighted by atomic mass is 10.1. The summed E-state index contributed by atoms with van der Waals surface area (Å²) in [7, 11) is -2.86. The normalized spacial score (nSPS) is 11.4. The molecule has 0 aromatic heterocycles. The van der Waals surface area contributed by atoms with Crippen LogP contribution in [0.25, 0.3) is 0 Å². The molecule has 0 aliphatic heterocycles. The molecule has 1 N–H and O–H groups in total. The third kappa shape index (κ3) is 4.23. The third-order valence-electron chi connectivity index (χ3n) is 2.54. The zero-order chi connectivity index (χ0) is 12.0. The summed E-state index contributed by atoms with van der Waals surface area (Å²) < 4.78 is 22.5. The molecule has 0 heterocycles. The van der Waals surface area contributed by atoms with Crippen LogP contribution in [-0.4, -0.2) is 26.5 Å². The molecule has 0 saturated heterocycles. The van der Waals surface area contributed by atoms with Crippen molar-refractivity contribution in [2.75, 3.05) is 23.4 Å². The van der Waals surface area contributed by atoms with Crippen LogP contribution >= 0.6 is 0 Å². The van der Waals surface area contributed by atoms with Gasteiger partial charge in [0.05, 0.1) is 5.75 Å². The number of aryl methyl sites for hydroxylation is 1. The van der Waals surface area contributed by atoms with Crippen LogP contribution in [0.3, 0.4) is 0 Å². The van der Waals surface area contributed by atoms with Gasteiger partial charge in [-0.25, -0.2) is 8.42 Å². The quantitative estimate of drug-likeness (QED) is 0.829. The Morgan fingerprint density at radius 2 is 1.75 bits per heavy atom. The van der Waals surface area contributed by atoms with Crippen molar-refractivity contribution in [2.45, 2.75) is 20.3 Å². The molecule has 0 saturated carbocycles. The zero-order valence-electron chi connectivity index (χ0n) is 9.86. The Morgan fingerprint density at radius 1 is 1.12 bits per heavy atom. The monoisotopic (exact) mass is 241 g/mol. The summed E-state index contributed by atoms with van der Waals surface area (Å²) in [5.74, 6) is 0.405. The maximum absolute atomic E-state index is 11.2. The van der Waals surface area contributed by atoms with Gasteiger partial charge in [-0.15, -0.1) is 0 Å². The minimum absolute atomic E-state index is 0.193. The van der Waals surface area contributed by atoms with Gasteiger partial charge in [-0.3, -0.25) is 0 Å². The Hall–Kier alpha value is -1.03. The van der Waals surface area contributed by atoms with Crippen LogP contribution in [0, 0.1) is 0 Å². The van der Waals surface area contributed by atoms with Gasteiger partial charge in [-0.05, 0) is 24.1 Å². The van der Waals surface area contributed by atoms with E-state index >= 15 is 0 Å². The van der Waals surface area contributed by atoms with Gasteiger partial charge >= 0.3 is 0 Å². The zero-order valence-corrected chi connectivity index (χ0v) is 10.7. The van der Waals surface area contributed by atoms with E-state index in [-0.39, 0.29) is 11.5 Å². The van der Waals surface area contributed by atoms with Crippen molar-refractivity contribution < 1.29 is 8.42 Å². The van der Waals surface area contributed by atoms with Crippen LogP contribution in [0.4, 0.5) is 5.69 Å². The van der Waals surface area contributed by atoms with Crippen molar-refractivity contribution >= 4 is 15.5 Å². The summed E-state index contributed by atoms with van der Waals surface area (Å²) in [6.45, 7) is 4.25. The first-order valence-corrected chi connectivity index (χ1v) is 7.42. The molecule has 0 radical (unpaired) electrons. The second-order valence-electron chi connectivity index (χ2n) is 3.71. The first-order valence-electron chi connectivity index (χ1n) is 5.60. The highest BCUT2D eigenvalue weighted by Gasteiger charge is 2.05. The minimum Gasteiger partial charge on any atom is -0.384 e. The number of rotatable bonds is 6. The van der Waals surface area contributed by atoms with Gasteiger partial charge in [0.15, 0.2) is 9.84 Å². The Labute approximate surface area is 97.8 Å². The molecule has 0 unspecified atom stereocenters. The smallest absolute Gasteiger partial charge is 0.151 e. The van der Waals surface area contributed by atoms with E-state index in [1.807, 2.05) is 12.1 Å². The number of anilines is 1. The largest absolute Gasteiger partial charge is 0.384 e. The van der Waals surface area contributed by atoms with Crippen LogP contribution in [0.15, 0.2) is 24.3 Å². The molecule has 0 atom stereocenters. The van der Waals surface area contributed by atoms with E-state index in [0.29, 0.717) is 6.54 Å². The highest BCUT2D eigenvalue weighted by atomic mass is 32.2. The van der Waals surface area contributed by atoms with Crippen LogP contribution < -0.4 is 5.32 Å². The van der Waals surface area contributed by atoms with E-state index in [1.54, 1.807) is 6.92 Å². The molecule has 0 fully saturated rings. The van der Waals surface area contributed by atoms with Gasteiger partial charge in [-0.2, -0.15) is 0 Å². The van der Waals surface area contributed by atoms with Crippen molar-refractivity contribution in [2.24, 2.45) is 0 Å². The van der Waals surface area contributed by atoms with Gasteiger partial charge in [0, 0.05) is 18.0 Å². The molecule has 3 nitrogen and oxygen atoms in total. The Bertz CT molecular complexity index is 409. The topological polar surface area (TPSA) is 46.2 Å². The van der Waals surface area contributed by atoms with Gasteiger partial charge in [0.2, 0.25) is 0 Å². The fourth-order valence-electron chi connectivity index (χ4n) is 1.35. The van der Waals surface area contributed by atoms with Gasteiger partial charge in [0.1, 0.15) is 0 Å². The Morgan fingerprint density at radius 3 is 2.25 bits per heavy atom. The summed E-state index contributed by atoms with van der Waals surface area (Å²) in [5, 5.41) is 3.11. The average molecular weight is 241 g/mol. The minimum atomic E-state index is -2.86. The van der Waals surface area contributed by atoms with Gasteiger partial charge in [-0.1, -0.05) is 26.0 Å². The van der Waals surface area contributed by atoms with Crippen molar-refractivity contribution in [1.29, 1.82) is 0 Å². The van der Waals surface area contributed by atoms with Crippen LogP contribution in [0.2, 0.25) is 0 Å². The second kappa shape index (κ2) is 5.89. The molecule has 1 aromatic carbocycles. The van der Waals surface area contributed by atoms with E-state index in [9.17, 15) is 8.42 Å². The summed E-state index contributed by atoms with van der Waals surface area (Å²) in [4.78, 5) is 0. The maximum Gasteiger partial charge on any atom is 0.151 e. The van der Waals surface area contributed by atoms with E-state index < -0.39 is 9.84 Å². The molecule has 0 amide bonds. The number of sulfone groups is 1. The van der Waals surface area contributed by atoms with Crippen molar-refractivity contribution in [3.8, 4) is 0 Å². The molecule has 90 valence electrons. The molecule has 0 aliphatic rings. The summed E-state index contributed by atoms with van der Waals surface area (Å²) in [5.41, 5.74) is 2.26. The SMILES string of the molecule is CCc1ccc(NCCS(=O)(=O)CC)cc1. The summed E-state index contributed by atoms with van der Waals surface area (Å²) in [6, 6.07) is 8.07. The molecular formula is C12H19NO2S. The fraction of sp³-hybridized carbons (Fsp3) is 0.500. The lowest BCUT2D eigenvalue weighted by molar-refractivity contribution is 0.597. The van der Waals surface area contributed by atoms with Crippen LogP contribution in [0.5, 0.6) is 0 Å². The first-order chi connectivity index (χ1) is 7.57. The third-order valence-corrected chi connectivity index (χ3v) is 4.25. The molecule has 16 heavy (non-hydrogen) atoms. The molecule has 0 aliphatic carbocycles.